The largest absolute Gasteiger partial charge is 0.399 e. The number of hydrogen-bond donors (Lipinski definition) is 11. The molecule has 0 aliphatic carbocycles. The summed E-state index contributed by atoms with van der Waals surface area (Å²) in [5, 5.41) is 13.9. The first-order valence-corrected chi connectivity index (χ1v) is 38.7. The fourth-order valence-electron chi connectivity index (χ4n) is 15.0. The van der Waals surface area contributed by atoms with E-state index in [4.69, 9.17) is 40.1 Å². The van der Waals surface area contributed by atoms with Gasteiger partial charge in [0.1, 0.15) is 0 Å². The lowest BCUT2D eigenvalue weighted by Gasteiger charge is -2.37. The third-order valence-corrected chi connectivity index (χ3v) is 21.5. The number of piperidine rings is 4. The number of nitrogens with two attached hydrogens (primary N) is 7. The van der Waals surface area contributed by atoms with Gasteiger partial charge in [-0.15, -0.1) is 0 Å². The third kappa shape index (κ3) is 27.5. The van der Waals surface area contributed by atoms with Crippen molar-refractivity contribution in [1.29, 1.82) is 0 Å². The Morgan fingerprint density at radius 3 is 1.35 bits per heavy atom. The predicted octanol–water partition coefficient (Wildman–Crippen LogP) is 12.3. The average molecular weight is 1430 g/mol. The Morgan fingerprint density at radius 1 is 0.390 bits per heavy atom. The van der Waals surface area contributed by atoms with Gasteiger partial charge in [0, 0.05) is 179 Å². The highest BCUT2D eigenvalue weighted by molar-refractivity contribution is 5.68. The number of likely N-dealkylation sites (tertiary alicyclic amines) is 3. The van der Waals surface area contributed by atoms with Gasteiger partial charge in [-0.3, -0.25) is 0 Å². The van der Waals surface area contributed by atoms with Crippen molar-refractivity contribution in [2.75, 3.05) is 226 Å². The van der Waals surface area contributed by atoms with Crippen molar-refractivity contribution in [3.8, 4) is 0 Å². The number of nitrogens with zero attached hydrogens (tertiary/aromatic N) is 8. The Hall–Kier alpha value is -8.40. The molecule has 6 saturated heterocycles. The van der Waals surface area contributed by atoms with Crippen LogP contribution in [0.3, 0.4) is 0 Å². The molecule has 7 heterocycles. The van der Waals surface area contributed by atoms with Crippen LogP contribution in [-0.4, -0.2) is 203 Å². The summed E-state index contributed by atoms with van der Waals surface area (Å²) in [5.41, 5.74) is 62.8. The van der Waals surface area contributed by atoms with Crippen molar-refractivity contribution in [3.63, 3.8) is 0 Å². The predicted molar refractivity (Wildman–Crippen MR) is 457 cm³/mol. The number of aryl methyl sites for hydroxylation is 5. The zero-order chi connectivity index (χ0) is 75.4. The number of benzene rings is 7. The lowest BCUT2D eigenvalue weighted by Crippen LogP contribution is -2.45. The molecule has 3 unspecified atom stereocenters. The highest BCUT2D eigenvalue weighted by Gasteiger charge is 2.24. The number of nitrogens with one attached hydrogen (secondary N) is 4. The first-order valence-electron chi connectivity index (χ1n) is 38.7. The molecule has 7 aromatic carbocycles. The minimum Gasteiger partial charge on any atom is -0.399 e. The van der Waals surface area contributed by atoms with E-state index in [-0.39, 0.29) is 0 Å². The summed E-state index contributed by atoms with van der Waals surface area (Å²) in [6, 6.07) is 48.8. The molecule has 0 bridgehead atoms. The second kappa shape index (κ2) is 42.1. The molecule has 3 atom stereocenters. The van der Waals surface area contributed by atoms with E-state index in [0.717, 1.165) is 144 Å². The van der Waals surface area contributed by atoms with Gasteiger partial charge in [0.2, 0.25) is 0 Å². The van der Waals surface area contributed by atoms with Crippen LogP contribution in [0.15, 0.2) is 146 Å². The summed E-state index contributed by atoms with van der Waals surface area (Å²) >= 11 is 0. The van der Waals surface area contributed by atoms with E-state index < -0.39 is 0 Å². The maximum absolute atomic E-state index is 5.80. The summed E-state index contributed by atoms with van der Waals surface area (Å²) in [6.45, 7) is 31.0. The maximum atomic E-state index is 5.80. The average Bonchev–Trinajstić information content (AvgIpc) is 0.835. The molecule has 7 aliphatic heterocycles. The van der Waals surface area contributed by atoms with Gasteiger partial charge in [-0.1, -0.05) is 30.3 Å². The number of piperazine rings is 2. The number of rotatable bonds is 10. The van der Waals surface area contributed by atoms with Crippen LogP contribution >= 0.6 is 0 Å². The quantitative estimate of drug-likeness (QED) is 0.0569. The van der Waals surface area contributed by atoms with Gasteiger partial charge in [0.05, 0.1) is 0 Å². The van der Waals surface area contributed by atoms with Crippen molar-refractivity contribution in [2.45, 2.75) is 116 Å². The molecule has 18 N–H and O–H groups in total. The smallest absolute Gasteiger partial charge is 0.0414 e. The summed E-state index contributed by atoms with van der Waals surface area (Å²) in [4.78, 5) is 19.1. The number of likely N-dealkylation sites (N-methyl/N-ethyl adjacent to an activating group) is 5. The van der Waals surface area contributed by atoms with Crippen molar-refractivity contribution in [2.24, 2.45) is 0 Å². The molecule has 0 spiro atoms. The molecule has 105 heavy (non-hydrogen) atoms. The number of anilines is 12. The summed E-state index contributed by atoms with van der Waals surface area (Å²) in [5.74, 6) is 0.742. The highest BCUT2D eigenvalue weighted by atomic mass is 15.3. The molecule has 572 valence electrons. The first kappa shape index (κ1) is 82.3. The van der Waals surface area contributed by atoms with E-state index in [1.807, 2.05) is 78.9 Å². The molecule has 0 radical (unpaired) electrons. The van der Waals surface area contributed by atoms with Crippen LogP contribution < -0.4 is 76.1 Å². The summed E-state index contributed by atoms with van der Waals surface area (Å²) in [6.07, 6.45) is 13.6. The minimum atomic E-state index is 0.557. The summed E-state index contributed by atoms with van der Waals surface area (Å²) in [7, 11) is 13.1. The Morgan fingerprint density at radius 2 is 0.857 bits per heavy atom. The molecule has 19 heteroatoms. The van der Waals surface area contributed by atoms with Gasteiger partial charge in [-0.25, -0.2) is 0 Å². The Bertz CT molecular complexity index is 3720. The van der Waals surface area contributed by atoms with Crippen LogP contribution in [0.5, 0.6) is 0 Å². The minimum absolute atomic E-state index is 0.557. The van der Waals surface area contributed by atoms with Gasteiger partial charge in [-0.2, -0.15) is 0 Å². The first-order chi connectivity index (χ1) is 50.4. The molecule has 14 rings (SSSR count). The third-order valence-electron chi connectivity index (χ3n) is 21.5. The van der Waals surface area contributed by atoms with Gasteiger partial charge >= 0.3 is 0 Å². The second-order valence-electron chi connectivity index (χ2n) is 30.5. The molecule has 6 fully saturated rings. The summed E-state index contributed by atoms with van der Waals surface area (Å²) < 4.78 is 0. The normalized spacial score (nSPS) is 19.8. The van der Waals surface area contributed by atoms with Crippen LogP contribution in [0.1, 0.15) is 103 Å². The zero-order valence-corrected chi connectivity index (χ0v) is 65.9. The maximum Gasteiger partial charge on any atom is 0.0414 e. The Labute approximate surface area is 632 Å². The molecule has 19 nitrogen and oxygen atoms in total. The van der Waals surface area contributed by atoms with Crippen molar-refractivity contribution in [3.05, 3.63) is 185 Å². The van der Waals surface area contributed by atoms with Crippen molar-refractivity contribution < 1.29 is 0 Å². The lowest BCUT2D eigenvalue weighted by atomic mass is 9.89. The molecule has 0 amide bonds. The monoisotopic (exact) mass is 1430 g/mol. The molecule has 0 saturated carbocycles. The van der Waals surface area contributed by atoms with Crippen molar-refractivity contribution >= 4 is 73.8 Å². The van der Waals surface area contributed by atoms with Gasteiger partial charge < -0.3 is 101 Å². The van der Waals surface area contributed by atoms with E-state index in [2.05, 4.69) is 204 Å². The fourth-order valence-corrected chi connectivity index (χ4v) is 15.0. The van der Waals surface area contributed by atoms with Crippen LogP contribution in [0.4, 0.5) is 68.2 Å². The van der Waals surface area contributed by atoms with Crippen molar-refractivity contribution in [1.82, 2.24) is 35.1 Å². The Kier molecular flexibility index (Phi) is 33.0. The van der Waals surface area contributed by atoms with Crippen LogP contribution in [0, 0.1) is 34.6 Å². The topological polar surface area (TPSA) is 256 Å². The standard InChI is InChI=1S/C14H23N3.C13H21N3.2C12H19N3.C12H18N2.C12H16N2.C11H17N3/c1-11-9-12(15)6-7-14(11)17(3)13-5-4-8-16(2)10-13;1-10-8-11(14)5-6-13(10)15-12-4-3-7-16(2)9-12;1-10-9-11(13)3-4-12(10)15-7-5-14(2)6-8-15;1-9-7-10(13)4-5-12(9)15-11-3-2-6-14-8-11;2*1-14-8-6-11(7-9-14)10-2-4-12(13)5-3-10;1-9-8-10(12)2-3-11(9)14-6-4-13-5-7-14/h6-7,9,13H,4-5,8,10,15H2,1-3H3;5-6,8,12,15H,3-4,7,9,14H2,1-2H3;3-4,9H,5-8,13H2,1-2H3;4-5,7,11,14-15H,2-3,6,8,13H2,1H3;2-5,11H,6-9,13H2,1H3;2-6H,7-9,13H2,1H3;2-3,8,13H,4-7,12H2,1H3. The molecule has 7 aliphatic rings. The van der Waals surface area contributed by atoms with E-state index >= 15 is 0 Å². The van der Waals surface area contributed by atoms with Crippen LogP contribution in [0.2, 0.25) is 0 Å². The molecule has 7 aromatic rings. The zero-order valence-electron chi connectivity index (χ0n) is 65.9. The number of nitrogen functional groups attached to an aromatic ring is 7. The van der Waals surface area contributed by atoms with E-state index in [1.165, 1.54) is 150 Å². The van der Waals surface area contributed by atoms with Gasteiger partial charge in [0.15, 0.2) is 0 Å². The molecular formula is C86H133N19. The highest BCUT2D eigenvalue weighted by Crippen LogP contribution is 2.31. The van der Waals surface area contributed by atoms with Crippen LogP contribution in [-0.2, 0) is 0 Å². The lowest BCUT2D eigenvalue weighted by molar-refractivity contribution is 0.248. The van der Waals surface area contributed by atoms with Crippen LogP contribution in [0.25, 0.3) is 5.57 Å². The van der Waals surface area contributed by atoms with E-state index in [1.54, 1.807) is 0 Å². The van der Waals surface area contributed by atoms with Gasteiger partial charge in [-0.05, 0) is 326 Å². The molecular weight excluding hydrogens is 1300 g/mol. The number of hydrogen-bond acceptors (Lipinski definition) is 19. The van der Waals surface area contributed by atoms with E-state index in [0.29, 0.717) is 18.1 Å². The van der Waals surface area contributed by atoms with E-state index in [9.17, 15) is 0 Å². The second-order valence-corrected chi connectivity index (χ2v) is 30.5. The Balaban J connectivity index is 0.000000155. The molecule has 0 aromatic heterocycles. The fraction of sp³-hybridized carbons (Fsp3) is 0.488. The van der Waals surface area contributed by atoms with Gasteiger partial charge in [0.25, 0.3) is 0 Å². The SMILES string of the molecule is CN1CC=C(c2ccc(N)cc2)CC1.CN1CCC(c2ccc(N)cc2)CC1.Cc1cc(N)ccc1N(C)C1CCCN(C)C1.Cc1cc(N)ccc1N1CCN(C)CC1.Cc1cc(N)ccc1N1CCNCC1.Cc1cc(N)ccc1NC1CCCN(C)C1.Cc1cc(N)ccc1NC1CCCNC1.